The third-order valence-corrected chi connectivity index (χ3v) is 9.01. The summed E-state index contributed by atoms with van der Waals surface area (Å²) < 4.78 is 31.2. The van der Waals surface area contributed by atoms with Gasteiger partial charge >= 0.3 is 0 Å². The van der Waals surface area contributed by atoms with Crippen molar-refractivity contribution in [1.29, 1.82) is 0 Å². The molecule has 198 valence electrons. The van der Waals surface area contributed by atoms with Crippen LogP contribution in [0.3, 0.4) is 0 Å². The fourth-order valence-corrected chi connectivity index (χ4v) is 6.25. The number of benzene rings is 2. The number of piperidine rings is 1. The zero-order valence-electron chi connectivity index (χ0n) is 20.6. The molecule has 1 saturated heterocycles. The van der Waals surface area contributed by atoms with Crippen LogP contribution in [0.25, 0.3) is 11.0 Å². The summed E-state index contributed by atoms with van der Waals surface area (Å²) in [4.78, 5) is 30.2. The van der Waals surface area contributed by atoms with Crippen LogP contribution in [0.1, 0.15) is 35.2 Å². The summed E-state index contributed by atoms with van der Waals surface area (Å²) in [5.41, 5.74) is 1.60. The highest BCUT2D eigenvalue weighted by atomic mass is 79.9. The molecule has 1 aliphatic heterocycles. The first-order chi connectivity index (χ1) is 18.3. The highest BCUT2D eigenvalue weighted by Crippen LogP contribution is 2.21. The van der Waals surface area contributed by atoms with E-state index < -0.39 is 10.0 Å². The van der Waals surface area contributed by atoms with Crippen LogP contribution in [0.5, 0.6) is 0 Å². The fraction of sp³-hybridized carbons (Fsp3) is 0.308. The number of hydrogen-bond donors (Lipinski definition) is 1. The van der Waals surface area contributed by atoms with Gasteiger partial charge in [0.15, 0.2) is 5.65 Å². The summed E-state index contributed by atoms with van der Waals surface area (Å²) in [5.74, 6) is -0.326. The number of amides is 1. The van der Waals surface area contributed by atoms with Crippen LogP contribution in [-0.2, 0) is 23.1 Å². The molecule has 0 saturated carbocycles. The van der Waals surface area contributed by atoms with E-state index in [1.54, 1.807) is 4.68 Å². The van der Waals surface area contributed by atoms with Crippen LogP contribution in [0.2, 0.25) is 0 Å². The Labute approximate surface area is 228 Å². The summed E-state index contributed by atoms with van der Waals surface area (Å²) in [5, 5.41) is 7.50. The highest BCUT2D eigenvalue weighted by molar-refractivity contribution is 9.10. The average Bonchev–Trinajstić information content (AvgIpc) is 3.35. The molecule has 2 aromatic carbocycles. The Hall–Kier alpha value is -3.35. The molecular weight excluding hydrogens is 572 g/mol. The van der Waals surface area contributed by atoms with E-state index in [1.165, 1.54) is 45.7 Å². The number of fused-ring (bicyclic) bond motifs is 1. The molecule has 3 heterocycles. The molecule has 0 unspecified atom stereocenters. The lowest BCUT2D eigenvalue weighted by Crippen LogP contribution is -2.35. The van der Waals surface area contributed by atoms with Gasteiger partial charge in [-0.1, -0.05) is 34.5 Å². The van der Waals surface area contributed by atoms with Gasteiger partial charge in [-0.15, -0.1) is 0 Å². The minimum atomic E-state index is -3.54. The average molecular weight is 600 g/mol. The molecule has 10 nitrogen and oxygen atoms in total. The van der Waals surface area contributed by atoms with Crippen molar-refractivity contribution in [2.75, 3.05) is 19.6 Å². The second-order valence-electron chi connectivity index (χ2n) is 9.15. The van der Waals surface area contributed by atoms with Crippen molar-refractivity contribution in [3.8, 4) is 0 Å². The van der Waals surface area contributed by atoms with Gasteiger partial charge in [-0.3, -0.25) is 14.2 Å². The van der Waals surface area contributed by atoms with Gasteiger partial charge in [0, 0.05) is 29.7 Å². The van der Waals surface area contributed by atoms with Crippen LogP contribution in [-0.4, -0.2) is 57.6 Å². The number of rotatable bonds is 8. The minimum absolute atomic E-state index is 0.187. The van der Waals surface area contributed by atoms with Crippen LogP contribution in [0.4, 0.5) is 0 Å². The number of carbonyl (C=O) groups is 1. The molecule has 12 heteroatoms. The predicted octanol–water partition coefficient (Wildman–Crippen LogP) is 3.01. The minimum Gasteiger partial charge on any atom is -0.350 e. The highest BCUT2D eigenvalue weighted by Gasteiger charge is 2.26. The molecule has 4 aromatic rings. The van der Waals surface area contributed by atoms with E-state index in [1.807, 2.05) is 24.3 Å². The molecule has 0 aliphatic carbocycles. The van der Waals surface area contributed by atoms with E-state index in [9.17, 15) is 18.0 Å². The van der Waals surface area contributed by atoms with Gasteiger partial charge in [-0.2, -0.15) is 9.40 Å². The quantitative estimate of drug-likeness (QED) is 0.333. The number of carbonyl (C=O) groups excluding carboxylic acids is 1. The number of sulfonamides is 1. The Bertz CT molecular complexity index is 1610. The third kappa shape index (κ3) is 5.57. The molecular formula is C26H27BrN6O4S. The maximum atomic E-state index is 12.9. The third-order valence-electron chi connectivity index (χ3n) is 6.57. The summed E-state index contributed by atoms with van der Waals surface area (Å²) in [6.45, 7) is 2.03. The number of hydrogen-bond acceptors (Lipinski definition) is 6. The molecule has 1 aliphatic rings. The lowest BCUT2D eigenvalue weighted by molar-refractivity contribution is 0.0952. The van der Waals surface area contributed by atoms with Gasteiger partial charge < -0.3 is 5.32 Å². The summed E-state index contributed by atoms with van der Waals surface area (Å²) >= 11 is 3.41. The van der Waals surface area contributed by atoms with Gasteiger partial charge in [0.05, 0.1) is 24.2 Å². The number of aromatic nitrogens is 4. The normalized spacial score (nSPS) is 14.6. The number of halogens is 1. The maximum Gasteiger partial charge on any atom is 0.264 e. The molecule has 1 fully saturated rings. The van der Waals surface area contributed by atoms with Crippen molar-refractivity contribution in [3.63, 3.8) is 0 Å². The first-order valence-corrected chi connectivity index (χ1v) is 14.6. The Morgan fingerprint density at radius 1 is 1.00 bits per heavy atom. The van der Waals surface area contributed by atoms with Crippen molar-refractivity contribution in [2.24, 2.45) is 0 Å². The zero-order valence-corrected chi connectivity index (χ0v) is 23.0. The van der Waals surface area contributed by atoms with Crippen LogP contribution in [0, 0.1) is 0 Å². The molecule has 0 radical (unpaired) electrons. The Morgan fingerprint density at radius 3 is 2.42 bits per heavy atom. The van der Waals surface area contributed by atoms with E-state index in [4.69, 9.17) is 0 Å². The molecule has 1 amide bonds. The second-order valence-corrected chi connectivity index (χ2v) is 12.0. The zero-order chi connectivity index (χ0) is 26.7. The summed E-state index contributed by atoms with van der Waals surface area (Å²) in [7, 11) is -3.54. The fourth-order valence-electron chi connectivity index (χ4n) is 4.47. The SMILES string of the molecule is O=C(NCCn1ncc2c(=O)n(Cc3ccc(Br)cc3)cnc21)c1ccc(S(=O)(=O)N2CCCCC2)cc1. The van der Waals surface area contributed by atoms with Crippen molar-refractivity contribution in [2.45, 2.75) is 37.2 Å². The monoisotopic (exact) mass is 598 g/mol. The van der Waals surface area contributed by atoms with Gasteiger partial charge in [0.25, 0.3) is 11.5 Å². The van der Waals surface area contributed by atoms with Crippen LogP contribution in [0.15, 0.2) is 75.2 Å². The van der Waals surface area contributed by atoms with Crippen LogP contribution < -0.4 is 10.9 Å². The molecule has 0 atom stereocenters. The summed E-state index contributed by atoms with van der Waals surface area (Å²) in [6, 6.07) is 13.7. The Balaban J connectivity index is 1.20. The number of nitrogens with zero attached hydrogens (tertiary/aromatic N) is 5. The summed E-state index contributed by atoms with van der Waals surface area (Å²) in [6.07, 6.45) is 5.77. The molecule has 2 aromatic heterocycles. The lowest BCUT2D eigenvalue weighted by atomic mass is 10.2. The Morgan fingerprint density at radius 2 is 1.71 bits per heavy atom. The van der Waals surface area contributed by atoms with E-state index >= 15 is 0 Å². The van der Waals surface area contributed by atoms with Gasteiger partial charge in [-0.05, 0) is 54.8 Å². The lowest BCUT2D eigenvalue weighted by Gasteiger charge is -2.25. The van der Waals surface area contributed by atoms with E-state index in [0.717, 1.165) is 29.3 Å². The van der Waals surface area contributed by atoms with E-state index in [0.29, 0.717) is 42.8 Å². The van der Waals surface area contributed by atoms with E-state index in [2.05, 4.69) is 31.3 Å². The molecule has 5 rings (SSSR count). The molecule has 38 heavy (non-hydrogen) atoms. The first-order valence-electron chi connectivity index (χ1n) is 12.4. The Kier molecular flexibility index (Phi) is 7.73. The van der Waals surface area contributed by atoms with Crippen molar-refractivity contribution in [3.05, 3.63) is 87.0 Å². The molecule has 0 spiro atoms. The predicted molar refractivity (Wildman–Crippen MR) is 146 cm³/mol. The van der Waals surface area contributed by atoms with E-state index in [-0.39, 0.29) is 22.9 Å². The largest absolute Gasteiger partial charge is 0.350 e. The standard InChI is InChI=1S/C26H27BrN6O4S/c27-21-8-4-19(5-9-21)17-31-18-29-24-23(26(31)35)16-30-33(24)15-12-28-25(34)20-6-10-22(11-7-20)38(36,37)32-13-2-1-3-14-32/h4-11,16,18H,1-3,12-15,17H2,(H,28,34). The maximum absolute atomic E-state index is 12.9. The van der Waals surface area contributed by atoms with Gasteiger partial charge in [0.2, 0.25) is 10.0 Å². The molecule has 0 bridgehead atoms. The van der Waals surface area contributed by atoms with Gasteiger partial charge in [0.1, 0.15) is 11.7 Å². The van der Waals surface area contributed by atoms with Crippen molar-refractivity contribution < 1.29 is 13.2 Å². The smallest absolute Gasteiger partial charge is 0.264 e. The topological polar surface area (TPSA) is 119 Å². The van der Waals surface area contributed by atoms with Gasteiger partial charge in [-0.25, -0.2) is 18.1 Å². The van der Waals surface area contributed by atoms with Crippen molar-refractivity contribution in [1.82, 2.24) is 29.0 Å². The first kappa shape index (κ1) is 26.3. The second kappa shape index (κ2) is 11.2. The van der Waals surface area contributed by atoms with Crippen LogP contribution >= 0.6 is 15.9 Å². The molecule has 1 N–H and O–H groups in total. The van der Waals surface area contributed by atoms with Crippen molar-refractivity contribution >= 4 is 42.9 Å². The number of nitrogens with one attached hydrogen (secondary N) is 1.